The Morgan fingerprint density at radius 2 is 1.70 bits per heavy atom. The molecule has 0 fully saturated rings. The maximum Gasteiger partial charge on any atom is 0.234 e. The number of fused-ring (bicyclic) bond motifs is 1. The zero-order valence-corrected chi connectivity index (χ0v) is 19.9. The van der Waals surface area contributed by atoms with Crippen molar-refractivity contribution in [1.82, 2.24) is 4.98 Å². The summed E-state index contributed by atoms with van der Waals surface area (Å²) in [6.07, 6.45) is 0. The SMILES string of the molecule is Cc1ccc(-c2nc(S(=O)(=O)c3ccc(Br)cc3)c(NCc3ccc4c(c3)OCO4)o2)cc1. The summed E-state index contributed by atoms with van der Waals surface area (Å²) in [5, 5.41) is 2.93. The van der Waals surface area contributed by atoms with E-state index < -0.39 is 9.84 Å². The molecule has 2 heterocycles. The summed E-state index contributed by atoms with van der Waals surface area (Å²) in [4.78, 5) is 4.50. The monoisotopic (exact) mass is 526 g/mol. The molecule has 3 aromatic carbocycles. The number of halogens is 1. The lowest BCUT2D eigenvalue weighted by Crippen LogP contribution is -2.07. The normalized spacial score (nSPS) is 12.7. The van der Waals surface area contributed by atoms with Crippen molar-refractivity contribution >= 4 is 31.7 Å². The predicted octanol–water partition coefficient (Wildman–Crippen LogP) is 5.59. The highest BCUT2D eigenvalue weighted by atomic mass is 79.9. The molecule has 1 aliphatic heterocycles. The second kappa shape index (κ2) is 8.57. The molecule has 0 atom stereocenters. The minimum Gasteiger partial charge on any atom is -0.454 e. The van der Waals surface area contributed by atoms with Gasteiger partial charge in [0.25, 0.3) is 0 Å². The van der Waals surface area contributed by atoms with Gasteiger partial charge in [0.05, 0.1) is 4.90 Å². The number of rotatable bonds is 6. The first kappa shape index (κ1) is 21.5. The van der Waals surface area contributed by atoms with Crippen LogP contribution in [0.5, 0.6) is 11.5 Å². The van der Waals surface area contributed by atoms with E-state index in [0.717, 1.165) is 15.6 Å². The highest BCUT2D eigenvalue weighted by Crippen LogP contribution is 2.35. The number of aryl methyl sites for hydroxylation is 1. The van der Waals surface area contributed by atoms with Crippen LogP contribution in [0.2, 0.25) is 0 Å². The smallest absolute Gasteiger partial charge is 0.234 e. The van der Waals surface area contributed by atoms with Crippen molar-refractivity contribution in [1.29, 1.82) is 0 Å². The largest absolute Gasteiger partial charge is 0.454 e. The number of aromatic nitrogens is 1. The van der Waals surface area contributed by atoms with E-state index in [1.165, 1.54) is 12.1 Å². The highest BCUT2D eigenvalue weighted by molar-refractivity contribution is 9.10. The average Bonchev–Trinajstić information content (AvgIpc) is 3.45. The van der Waals surface area contributed by atoms with Crippen LogP contribution in [0.25, 0.3) is 11.5 Å². The van der Waals surface area contributed by atoms with Gasteiger partial charge in [-0.2, -0.15) is 4.98 Å². The van der Waals surface area contributed by atoms with Crippen LogP contribution in [0.15, 0.2) is 85.5 Å². The minimum absolute atomic E-state index is 0.0751. The first-order valence-corrected chi connectivity index (χ1v) is 12.4. The summed E-state index contributed by atoms with van der Waals surface area (Å²) in [5.74, 6) is 1.62. The lowest BCUT2D eigenvalue weighted by Gasteiger charge is -2.07. The van der Waals surface area contributed by atoms with Gasteiger partial charge < -0.3 is 19.2 Å². The van der Waals surface area contributed by atoms with E-state index in [2.05, 4.69) is 26.2 Å². The van der Waals surface area contributed by atoms with E-state index in [4.69, 9.17) is 13.9 Å². The molecule has 0 amide bonds. The van der Waals surface area contributed by atoms with Gasteiger partial charge in [-0.1, -0.05) is 39.7 Å². The van der Waals surface area contributed by atoms with E-state index in [1.54, 1.807) is 12.1 Å². The third kappa shape index (κ3) is 4.34. The summed E-state index contributed by atoms with van der Waals surface area (Å²) in [7, 11) is -3.93. The van der Waals surface area contributed by atoms with Gasteiger partial charge in [0.2, 0.25) is 33.4 Å². The maximum absolute atomic E-state index is 13.4. The fraction of sp³-hybridized carbons (Fsp3) is 0.125. The molecule has 1 aliphatic rings. The van der Waals surface area contributed by atoms with Gasteiger partial charge >= 0.3 is 0 Å². The van der Waals surface area contributed by atoms with Crippen LogP contribution in [0, 0.1) is 6.92 Å². The minimum atomic E-state index is -3.93. The Labute approximate surface area is 199 Å². The molecule has 1 aromatic heterocycles. The van der Waals surface area contributed by atoms with Gasteiger partial charge in [-0.3, -0.25) is 0 Å². The Kier molecular flexibility index (Phi) is 5.59. The summed E-state index contributed by atoms with van der Waals surface area (Å²) in [6, 6.07) is 19.5. The molecule has 0 saturated heterocycles. The first-order valence-electron chi connectivity index (χ1n) is 10.1. The van der Waals surface area contributed by atoms with Gasteiger partial charge in [0.1, 0.15) is 0 Å². The molecule has 0 unspecified atom stereocenters. The van der Waals surface area contributed by atoms with Gasteiger partial charge in [0, 0.05) is 16.6 Å². The molecule has 1 N–H and O–H groups in total. The fourth-order valence-electron chi connectivity index (χ4n) is 3.38. The summed E-state index contributed by atoms with van der Waals surface area (Å²) in [6.45, 7) is 2.47. The molecule has 5 rings (SSSR count). The third-order valence-electron chi connectivity index (χ3n) is 5.16. The van der Waals surface area contributed by atoms with Crippen molar-refractivity contribution in [3.63, 3.8) is 0 Å². The Bertz CT molecular complexity index is 1410. The zero-order valence-electron chi connectivity index (χ0n) is 17.5. The Morgan fingerprint density at radius 1 is 0.970 bits per heavy atom. The quantitative estimate of drug-likeness (QED) is 0.350. The summed E-state index contributed by atoms with van der Waals surface area (Å²) >= 11 is 3.33. The van der Waals surface area contributed by atoms with Crippen molar-refractivity contribution < 1.29 is 22.3 Å². The molecule has 0 saturated carbocycles. The number of nitrogens with zero attached hydrogens (tertiary/aromatic N) is 1. The lowest BCUT2D eigenvalue weighted by molar-refractivity contribution is 0.174. The number of nitrogens with one attached hydrogen (secondary N) is 1. The highest BCUT2D eigenvalue weighted by Gasteiger charge is 2.28. The summed E-state index contributed by atoms with van der Waals surface area (Å²) < 4.78 is 44.3. The van der Waals surface area contributed by atoms with Gasteiger partial charge in [-0.05, 0) is 61.0 Å². The molecule has 0 spiro atoms. The number of anilines is 1. The second-order valence-electron chi connectivity index (χ2n) is 7.52. The zero-order chi connectivity index (χ0) is 23.0. The number of ether oxygens (including phenoxy) is 2. The van der Waals surface area contributed by atoms with E-state index in [1.807, 2.05) is 49.4 Å². The Morgan fingerprint density at radius 3 is 2.45 bits per heavy atom. The maximum atomic E-state index is 13.4. The van der Waals surface area contributed by atoms with Crippen LogP contribution in [-0.4, -0.2) is 20.2 Å². The number of benzene rings is 3. The molecular weight excluding hydrogens is 508 g/mol. The standard InChI is InChI=1S/C24H19BrN2O5S/c1-15-2-5-17(6-3-15)22-27-24(33(28,29)19-9-7-18(25)8-10-19)23(32-22)26-13-16-4-11-20-21(12-16)31-14-30-20/h2-12,26H,13-14H2,1H3. The van der Waals surface area contributed by atoms with E-state index >= 15 is 0 Å². The number of sulfone groups is 1. The molecule has 168 valence electrons. The van der Waals surface area contributed by atoms with Crippen molar-refractivity contribution in [2.24, 2.45) is 0 Å². The van der Waals surface area contributed by atoms with Crippen LogP contribution in [0.3, 0.4) is 0 Å². The topological polar surface area (TPSA) is 90.7 Å². The molecule has 7 nitrogen and oxygen atoms in total. The van der Waals surface area contributed by atoms with Crippen molar-refractivity contribution in [3.05, 3.63) is 82.3 Å². The van der Waals surface area contributed by atoms with E-state index in [0.29, 0.717) is 23.6 Å². The Balaban J connectivity index is 1.52. The number of hydrogen-bond donors (Lipinski definition) is 1. The van der Waals surface area contributed by atoms with Crippen molar-refractivity contribution in [3.8, 4) is 23.0 Å². The molecular formula is C24H19BrN2O5S. The molecule has 4 aromatic rings. The van der Waals surface area contributed by atoms with Crippen LogP contribution in [-0.2, 0) is 16.4 Å². The number of oxazole rings is 1. The van der Waals surface area contributed by atoms with E-state index in [9.17, 15) is 8.42 Å². The molecule has 0 radical (unpaired) electrons. The molecule has 9 heteroatoms. The molecule has 0 bridgehead atoms. The van der Waals surface area contributed by atoms with Gasteiger partial charge in [-0.25, -0.2) is 8.42 Å². The lowest BCUT2D eigenvalue weighted by atomic mass is 10.1. The van der Waals surface area contributed by atoms with Crippen LogP contribution >= 0.6 is 15.9 Å². The number of hydrogen-bond acceptors (Lipinski definition) is 7. The second-order valence-corrected chi connectivity index (χ2v) is 10.3. The average molecular weight is 527 g/mol. The van der Waals surface area contributed by atoms with Gasteiger partial charge in [0.15, 0.2) is 11.5 Å². The van der Waals surface area contributed by atoms with Crippen LogP contribution in [0.4, 0.5) is 5.88 Å². The predicted molar refractivity (Wildman–Crippen MR) is 126 cm³/mol. The molecule has 33 heavy (non-hydrogen) atoms. The van der Waals surface area contributed by atoms with Crippen molar-refractivity contribution in [2.45, 2.75) is 23.4 Å². The van der Waals surface area contributed by atoms with Gasteiger partial charge in [-0.15, -0.1) is 0 Å². The van der Waals surface area contributed by atoms with Crippen molar-refractivity contribution in [2.75, 3.05) is 12.1 Å². The third-order valence-corrected chi connectivity index (χ3v) is 7.37. The first-order chi connectivity index (χ1) is 15.9. The Hall–Kier alpha value is -3.30. The van der Waals surface area contributed by atoms with Crippen LogP contribution < -0.4 is 14.8 Å². The fourth-order valence-corrected chi connectivity index (χ4v) is 4.92. The van der Waals surface area contributed by atoms with E-state index in [-0.39, 0.29) is 28.5 Å². The summed E-state index contributed by atoms with van der Waals surface area (Å²) in [5.41, 5.74) is 2.64. The van der Waals surface area contributed by atoms with Crippen LogP contribution in [0.1, 0.15) is 11.1 Å². The molecule has 0 aliphatic carbocycles.